The number of nitrogens with one attached hydrogen (secondary N) is 2. The summed E-state index contributed by atoms with van der Waals surface area (Å²) >= 11 is 14.1. The van der Waals surface area contributed by atoms with Crippen molar-refractivity contribution >= 4 is 81.0 Å². The summed E-state index contributed by atoms with van der Waals surface area (Å²) in [5, 5.41) is 33.0. The standard InChI is InChI=1S/C56H83Cl2N7O13S/c1-14-40-56(9)43(48(53(71)78-56)79-19-18-60-44-35-26-62-65(15-2)50(35)61-25-36(44)51(69)63-45-37(57)27-59-28-38(45)58)31(5)46(67)29(3)22-54(7,72-12)23-30(4)47(32(6)52(70)76-40)77-42-24-55(8,73-13)49(68)39(75-42)17-16-34-20-33(64(10)11)21-41(66)74-34/h25-34,39-43,47-49,66,68H,14-24H2,1-13H3,(H,60,61)(H,59,63,69)/t29-,30-,31-,32?,33+,34-,39+,40-,41-,42+,43+,47+,48+,49+,54?,55-,56-/m1/s1. The number of carbonyl (C=O) groups excluding carboxylic acids is 4. The van der Waals surface area contributed by atoms with Crippen LogP contribution < -0.4 is 10.6 Å². The van der Waals surface area contributed by atoms with E-state index < -0.39 is 101 Å². The number of Topliss-reactive ketones (excluding diaryl/α,β-unsaturated/α-hetero) is 1. The number of pyridine rings is 2. The Labute approximate surface area is 478 Å². The van der Waals surface area contributed by atoms with Crippen molar-refractivity contribution in [2.45, 2.75) is 191 Å². The molecule has 23 heteroatoms. The number of esters is 2. The first-order valence-electron chi connectivity index (χ1n) is 27.7. The van der Waals surface area contributed by atoms with E-state index in [0.717, 1.165) is 0 Å². The molecule has 2 unspecified atom stereocenters. The lowest BCUT2D eigenvalue weighted by molar-refractivity contribution is -0.302. The predicted octanol–water partition coefficient (Wildman–Crippen LogP) is 7.96. The van der Waals surface area contributed by atoms with E-state index >= 15 is 0 Å². The number of methoxy groups -OCH3 is 2. The molecule has 0 spiro atoms. The van der Waals surface area contributed by atoms with Crippen LogP contribution in [0.3, 0.4) is 0 Å². The van der Waals surface area contributed by atoms with Gasteiger partial charge in [0.1, 0.15) is 23.2 Å². The number of aryl methyl sites for hydroxylation is 1. The van der Waals surface area contributed by atoms with Gasteiger partial charge < -0.3 is 58.9 Å². The average molecular weight is 1170 g/mol. The smallest absolute Gasteiger partial charge is 0.320 e. The number of halogens is 2. The fourth-order valence-corrected chi connectivity index (χ4v) is 14.5. The molecular weight excluding hydrogens is 1080 g/mol. The van der Waals surface area contributed by atoms with E-state index in [9.17, 15) is 29.4 Å². The lowest BCUT2D eigenvalue weighted by atomic mass is 9.70. The first kappa shape index (κ1) is 62.9. The maximum absolute atomic E-state index is 15.0. The highest BCUT2D eigenvalue weighted by Gasteiger charge is 2.61. The van der Waals surface area contributed by atoms with E-state index in [1.807, 2.05) is 62.6 Å². The van der Waals surface area contributed by atoms with Gasteiger partial charge in [0.25, 0.3) is 5.91 Å². The summed E-state index contributed by atoms with van der Waals surface area (Å²) in [6, 6.07) is 0.128. The molecule has 1 amide bonds. The van der Waals surface area contributed by atoms with Crippen LogP contribution in [-0.4, -0.2) is 170 Å². The van der Waals surface area contributed by atoms with E-state index in [-0.39, 0.29) is 64.5 Å². The number of cyclic esters (lactones) is 1. The molecule has 20 nitrogen and oxygen atoms in total. The monoisotopic (exact) mass is 1160 g/mol. The van der Waals surface area contributed by atoms with Crippen LogP contribution in [0.2, 0.25) is 10.0 Å². The molecule has 0 saturated carbocycles. The van der Waals surface area contributed by atoms with Crippen molar-refractivity contribution in [2.24, 2.45) is 29.6 Å². The first-order chi connectivity index (χ1) is 37.3. The van der Waals surface area contributed by atoms with Gasteiger partial charge in [0.2, 0.25) is 0 Å². The third kappa shape index (κ3) is 13.7. The second-order valence-electron chi connectivity index (χ2n) is 23.0. The van der Waals surface area contributed by atoms with Crippen LogP contribution >= 0.6 is 35.0 Å². The number of nitrogens with zero attached hydrogens (tertiary/aromatic N) is 5. The molecule has 0 bridgehead atoms. The minimum Gasteiger partial charge on any atom is -0.458 e. The molecule has 17 atom stereocenters. The number of carbonyl (C=O) groups is 4. The van der Waals surface area contributed by atoms with Gasteiger partial charge in [-0.05, 0) is 93.2 Å². The number of thioether (sulfide) groups is 1. The highest BCUT2D eigenvalue weighted by Crippen LogP contribution is 2.49. The lowest BCUT2D eigenvalue weighted by Gasteiger charge is -2.47. The van der Waals surface area contributed by atoms with Gasteiger partial charge in [-0.1, -0.05) is 50.9 Å². The molecule has 4 N–H and O–H groups in total. The Morgan fingerprint density at radius 1 is 0.911 bits per heavy atom. The van der Waals surface area contributed by atoms with E-state index in [4.69, 9.17) is 56.4 Å². The number of hydrogen-bond acceptors (Lipinski definition) is 19. The van der Waals surface area contributed by atoms with E-state index in [2.05, 4.69) is 30.6 Å². The number of ether oxygens (including phenoxy) is 7. The Morgan fingerprint density at radius 2 is 1.62 bits per heavy atom. The van der Waals surface area contributed by atoms with Crippen molar-refractivity contribution in [1.29, 1.82) is 0 Å². The zero-order chi connectivity index (χ0) is 57.9. The SMILES string of the molecule is CC[C@H]1OC(=O)C(C)[C@@H](O[C@H]2C[C@@](C)(OC)[C@@H](O)[C@H](CC[C@@H]3C[C@H](N(C)C)C[C@H](O)O3)O2)[C@H](C)CC(C)(OC)C[C@@H](C)C(=O)[C@H](C)[C@H]2[C@H](SCCNc3c(C(=O)Nc4c(Cl)cncc4Cl)cnc4c3cnn4CC)C(=O)O[C@@]21C. The quantitative estimate of drug-likeness (QED) is 0.0740. The van der Waals surface area contributed by atoms with Gasteiger partial charge in [0, 0.05) is 88.3 Å². The minimum absolute atomic E-state index is 0.0878. The van der Waals surface area contributed by atoms with Crippen LogP contribution in [0.5, 0.6) is 0 Å². The molecule has 79 heavy (non-hydrogen) atoms. The number of fused-ring (bicyclic) bond motifs is 2. The van der Waals surface area contributed by atoms with Crippen LogP contribution in [0.1, 0.15) is 124 Å². The second-order valence-corrected chi connectivity index (χ2v) is 25.1. The molecule has 3 aromatic rings. The molecule has 7 rings (SSSR count). The van der Waals surface area contributed by atoms with Crippen molar-refractivity contribution in [1.82, 2.24) is 24.6 Å². The van der Waals surface area contributed by atoms with Crippen LogP contribution in [0.4, 0.5) is 11.4 Å². The molecule has 0 aliphatic carbocycles. The van der Waals surface area contributed by atoms with Gasteiger partial charge in [0.05, 0.1) is 74.0 Å². The van der Waals surface area contributed by atoms with Crippen molar-refractivity contribution in [3.63, 3.8) is 0 Å². The first-order valence-corrected chi connectivity index (χ1v) is 29.5. The summed E-state index contributed by atoms with van der Waals surface area (Å²) < 4.78 is 46.4. The summed E-state index contributed by atoms with van der Waals surface area (Å²) in [5.41, 5.74) is -2.01. The Bertz CT molecular complexity index is 2620. The van der Waals surface area contributed by atoms with E-state index in [1.165, 1.54) is 37.5 Å². The maximum Gasteiger partial charge on any atom is 0.320 e. The highest BCUT2D eigenvalue weighted by atomic mass is 35.5. The summed E-state index contributed by atoms with van der Waals surface area (Å²) in [7, 11) is 7.11. The zero-order valence-corrected chi connectivity index (χ0v) is 50.3. The average Bonchev–Trinajstić information content (AvgIpc) is 4.02. The Kier molecular flexibility index (Phi) is 20.9. The maximum atomic E-state index is 15.0. The molecule has 440 valence electrons. The number of amides is 1. The normalized spacial score (nSPS) is 35.9. The Hall–Kier alpha value is -3.74. The summed E-state index contributed by atoms with van der Waals surface area (Å²) in [4.78, 5) is 68.8. The van der Waals surface area contributed by atoms with Gasteiger partial charge in [0.15, 0.2) is 23.8 Å². The molecule has 4 fully saturated rings. The van der Waals surface area contributed by atoms with Crippen LogP contribution in [0.25, 0.3) is 11.0 Å². The summed E-state index contributed by atoms with van der Waals surface area (Å²) in [5.74, 6) is -4.69. The van der Waals surface area contributed by atoms with Crippen molar-refractivity contribution in [2.75, 3.05) is 51.2 Å². The zero-order valence-electron chi connectivity index (χ0n) is 48.0. The molecule has 4 saturated heterocycles. The molecule has 0 radical (unpaired) electrons. The number of rotatable bonds is 17. The molecular formula is C56H83Cl2N7O13S. The fraction of sp³-hybridized carbons (Fsp3) is 0.732. The van der Waals surface area contributed by atoms with Crippen molar-refractivity contribution in [3.8, 4) is 0 Å². The second kappa shape index (κ2) is 26.2. The summed E-state index contributed by atoms with van der Waals surface area (Å²) in [6.45, 7) is 17.5. The van der Waals surface area contributed by atoms with Gasteiger partial charge in [-0.2, -0.15) is 5.10 Å². The van der Waals surface area contributed by atoms with Gasteiger partial charge >= 0.3 is 11.9 Å². The molecule has 4 aliphatic rings. The number of aliphatic hydroxyl groups excluding tert-OH is 2. The van der Waals surface area contributed by atoms with Gasteiger partial charge in [-0.3, -0.25) is 24.2 Å². The van der Waals surface area contributed by atoms with Crippen molar-refractivity contribution in [3.05, 3.63) is 40.4 Å². The molecule has 4 aliphatic heterocycles. The van der Waals surface area contributed by atoms with Gasteiger partial charge in [-0.15, -0.1) is 11.8 Å². The number of anilines is 2. The lowest BCUT2D eigenvalue weighted by Crippen LogP contribution is -2.58. The van der Waals surface area contributed by atoms with E-state index in [0.29, 0.717) is 67.5 Å². The third-order valence-electron chi connectivity index (χ3n) is 17.2. The highest BCUT2D eigenvalue weighted by molar-refractivity contribution is 8.00. The number of aromatic nitrogens is 4. The fourth-order valence-electron chi connectivity index (χ4n) is 12.6. The molecule has 3 aromatic heterocycles. The molecule has 0 aromatic carbocycles. The van der Waals surface area contributed by atoms with E-state index in [1.54, 1.807) is 31.8 Å². The number of hydrogen-bond donors (Lipinski definition) is 4. The minimum atomic E-state index is -1.44. The number of aliphatic hydroxyl groups is 2. The Morgan fingerprint density at radius 3 is 2.27 bits per heavy atom. The van der Waals surface area contributed by atoms with Crippen molar-refractivity contribution < 1.29 is 62.5 Å². The van der Waals surface area contributed by atoms with Crippen LogP contribution in [0.15, 0.2) is 24.8 Å². The molecule has 7 heterocycles. The van der Waals surface area contributed by atoms with Gasteiger partial charge in [-0.25, -0.2) is 9.67 Å². The largest absolute Gasteiger partial charge is 0.458 e. The predicted molar refractivity (Wildman–Crippen MR) is 301 cm³/mol. The van der Waals surface area contributed by atoms with Crippen LogP contribution in [-0.2, 0) is 54.1 Å². The topological polar surface area (TPSA) is 244 Å². The number of ketones is 1. The van der Waals surface area contributed by atoms with Crippen LogP contribution in [0, 0.1) is 29.6 Å². The summed E-state index contributed by atoms with van der Waals surface area (Å²) in [6.07, 6.45) is 3.38. The Balaban J connectivity index is 1.13. The third-order valence-corrected chi connectivity index (χ3v) is 19.1.